The summed E-state index contributed by atoms with van der Waals surface area (Å²) in [7, 11) is 1.62. The van der Waals surface area contributed by atoms with Gasteiger partial charge >= 0.3 is 5.97 Å². The number of aliphatic carboxylic acids is 1. The molecule has 5 nitrogen and oxygen atoms in total. The van der Waals surface area contributed by atoms with Crippen LogP contribution < -0.4 is 4.74 Å². The van der Waals surface area contributed by atoms with Crippen LogP contribution in [0.3, 0.4) is 0 Å². The fourth-order valence-corrected chi connectivity index (χ4v) is 1.93. The van der Waals surface area contributed by atoms with Crippen LogP contribution in [0, 0.1) is 6.92 Å². The number of rotatable bonds is 5. The topological polar surface area (TPSA) is 64.4 Å². The van der Waals surface area contributed by atoms with Gasteiger partial charge in [0, 0.05) is 18.2 Å². The van der Waals surface area contributed by atoms with Gasteiger partial charge in [0.15, 0.2) is 0 Å². The monoisotopic (exact) mass is 260 g/mol. The number of hydrogen-bond donors (Lipinski definition) is 1. The quantitative estimate of drug-likeness (QED) is 0.895. The minimum Gasteiger partial charge on any atom is -0.497 e. The van der Waals surface area contributed by atoms with E-state index in [0.29, 0.717) is 6.42 Å². The van der Waals surface area contributed by atoms with Crippen LogP contribution in [0.5, 0.6) is 5.75 Å². The number of nitrogens with zero attached hydrogens (tertiary/aromatic N) is 2. The van der Waals surface area contributed by atoms with Crippen LogP contribution in [0.25, 0.3) is 5.69 Å². The summed E-state index contributed by atoms with van der Waals surface area (Å²) in [4.78, 5) is 10.6. The van der Waals surface area contributed by atoms with Crippen molar-refractivity contribution in [3.63, 3.8) is 0 Å². The first-order chi connectivity index (χ1) is 9.11. The van der Waals surface area contributed by atoms with E-state index in [9.17, 15) is 4.79 Å². The van der Waals surface area contributed by atoms with E-state index in [2.05, 4.69) is 5.10 Å². The molecule has 2 aromatic rings. The molecule has 0 saturated carbocycles. The van der Waals surface area contributed by atoms with E-state index < -0.39 is 5.97 Å². The Kier molecular flexibility index (Phi) is 3.85. The highest BCUT2D eigenvalue weighted by Gasteiger charge is 2.10. The standard InChI is InChI=1S/C14H16N2O3/c1-10-11(6-7-14(17)18)9-15-16(10)12-4-3-5-13(8-12)19-2/h3-5,8-9H,6-7H2,1-2H3,(H,17,18). The zero-order chi connectivity index (χ0) is 13.8. The summed E-state index contributed by atoms with van der Waals surface area (Å²) in [5.41, 5.74) is 2.80. The molecule has 0 fully saturated rings. The molecule has 0 saturated heterocycles. The number of ether oxygens (including phenoxy) is 1. The van der Waals surface area contributed by atoms with Crippen molar-refractivity contribution in [3.05, 3.63) is 41.7 Å². The Labute approximate surface area is 111 Å². The van der Waals surface area contributed by atoms with E-state index in [1.165, 1.54) is 0 Å². The van der Waals surface area contributed by atoms with Gasteiger partial charge in [-0.3, -0.25) is 4.79 Å². The summed E-state index contributed by atoms with van der Waals surface area (Å²) in [6.07, 6.45) is 2.33. The van der Waals surface area contributed by atoms with Crippen LogP contribution in [-0.4, -0.2) is 28.0 Å². The van der Waals surface area contributed by atoms with Crippen molar-refractivity contribution in [3.8, 4) is 11.4 Å². The van der Waals surface area contributed by atoms with Crippen molar-refractivity contribution < 1.29 is 14.6 Å². The van der Waals surface area contributed by atoms with E-state index in [0.717, 1.165) is 22.7 Å². The molecule has 5 heteroatoms. The summed E-state index contributed by atoms with van der Waals surface area (Å²) in [5, 5.41) is 13.0. The van der Waals surface area contributed by atoms with Gasteiger partial charge in [0.25, 0.3) is 0 Å². The van der Waals surface area contributed by atoms with Gasteiger partial charge in [0.1, 0.15) is 5.75 Å². The number of carboxylic acids is 1. The molecule has 0 bridgehead atoms. The SMILES string of the molecule is COc1cccc(-n2ncc(CCC(=O)O)c2C)c1. The Morgan fingerprint density at radius 2 is 2.26 bits per heavy atom. The highest BCUT2D eigenvalue weighted by Crippen LogP contribution is 2.19. The summed E-state index contributed by atoms with van der Waals surface area (Å²) in [5.74, 6) is -0.0342. The molecule has 0 unspecified atom stereocenters. The fraction of sp³-hybridized carbons (Fsp3) is 0.286. The van der Waals surface area contributed by atoms with Gasteiger partial charge < -0.3 is 9.84 Å². The van der Waals surface area contributed by atoms with Crippen molar-refractivity contribution >= 4 is 5.97 Å². The fourth-order valence-electron chi connectivity index (χ4n) is 1.93. The summed E-state index contributed by atoms with van der Waals surface area (Å²) in [6.45, 7) is 1.93. The van der Waals surface area contributed by atoms with Gasteiger partial charge in [-0.15, -0.1) is 0 Å². The zero-order valence-corrected chi connectivity index (χ0v) is 11.0. The molecule has 1 aromatic heterocycles. The molecule has 0 atom stereocenters. The average molecular weight is 260 g/mol. The number of aryl methyl sites for hydroxylation is 1. The van der Waals surface area contributed by atoms with Gasteiger partial charge in [0.05, 0.1) is 19.0 Å². The van der Waals surface area contributed by atoms with E-state index in [4.69, 9.17) is 9.84 Å². The third-order valence-electron chi connectivity index (χ3n) is 3.02. The van der Waals surface area contributed by atoms with Crippen LogP contribution in [0.4, 0.5) is 0 Å². The minimum absolute atomic E-state index is 0.116. The second kappa shape index (κ2) is 5.56. The molecule has 1 N–H and O–H groups in total. The molecule has 1 heterocycles. The highest BCUT2D eigenvalue weighted by atomic mass is 16.5. The third kappa shape index (κ3) is 2.93. The number of aromatic nitrogens is 2. The van der Waals surface area contributed by atoms with Crippen molar-refractivity contribution in [1.29, 1.82) is 0 Å². The molecule has 2 rings (SSSR count). The van der Waals surface area contributed by atoms with Crippen LogP contribution in [0.1, 0.15) is 17.7 Å². The summed E-state index contributed by atoms with van der Waals surface area (Å²) in [6, 6.07) is 7.59. The average Bonchev–Trinajstić information content (AvgIpc) is 2.78. The lowest BCUT2D eigenvalue weighted by Gasteiger charge is -2.07. The molecule has 100 valence electrons. The number of hydrogen-bond acceptors (Lipinski definition) is 3. The van der Waals surface area contributed by atoms with Crippen molar-refractivity contribution in [1.82, 2.24) is 9.78 Å². The van der Waals surface area contributed by atoms with E-state index in [-0.39, 0.29) is 6.42 Å². The smallest absolute Gasteiger partial charge is 0.303 e. The van der Waals surface area contributed by atoms with E-state index >= 15 is 0 Å². The van der Waals surface area contributed by atoms with Crippen molar-refractivity contribution in [2.45, 2.75) is 19.8 Å². The first kappa shape index (κ1) is 13.1. The van der Waals surface area contributed by atoms with E-state index in [1.54, 1.807) is 18.0 Å². The first-order valence-corrected chi connectivity index (χ1v) is 6.01. The van der Waals surface area contributed by atoms with Crippen LogP contribution in [0.2, 0.25) is 0 Å². The van der Waals surface area contributed by atoms with Gasteiger partial charge in [0.2, 0.25) is 0 Å². The van der Waals surface area contributed by atoms with Crippen molar-refractivity contribution in [2.75, 3.05) is 7.11 Å². The molecular formula is C14H16N2O3. The maximum absolute atomic E-state index is 10.6. The molecule has 0 aliphatic carbocycles. The molecule has 1 aromatic carbocycles. The maximum Gasteiger partial charge on any atom is 0.303 e. The number of carbonyl (C=O) groups is 1. The van der Waals surface area contributed by atoms with Gasteiger partial charge in [-0.2, -0.15) is 5.10 Å². The van der Waals surface area contributed by atoms with Gasteiger partial charge in [-0.1, -0.05) is 6.07 Å². The van der Waals surface area contributed by atoms with Crippen LogP contribution >= 0.6 is 0 Å². The summed E-state index contributed by atoms with van der Waals surface area (Å²) >= 11 is 0. The molecule has 0 radical (unpaired) electrons. The van der Waals surface area contributed by atoms with Gasteiger partial charge in [-0.25, -0.2) is 4.68 Å². The van der Waals surface area contributed by atoms with E-state index in [1.807, 2.05) is 31.2 Å². The Morgan fingerprint density at radius 1 is 1.47 bits per heavy atom. The maximum atomic E-state index is 10.6. The lowest BCUT2D eigenvalue weighted by Crippen LogP contribution is -2.01. The number of methoxy groups -OCH3 is 1. The van der Waals surface area contributed by atoms with Crippen LogP contribution in [0.15, 0.2) is 30.5 Å². The lowest BCUT2D eigenvalue weighted by molar-refractivity contribution is -0.136. The summed E-state index contributed by atoms with van der Waals surface area (Å²) < 4.78 is 6.97. The second-order valence-electron chi connectivity index (χ2n) is 4.26. The molecule has 0 amide bonds. The number of carboxylic acid groups (broad SMARTS) is 1. The second-order valence-corrected chi connectivity index (χ2v) is 4.26. The zero-order valence-electron chi connectivity index (χ0n) is 11.0. The Hall–Kier alpha value is -2.30. The Morgan fingerprint density at radius 3 is 2.95 bits per heavy atom. The minimum atomic E-state index is -0.798. The third-order valence-corrected chi connectivity index (χ3v) is 3.02. The first-order valence-electron chi connectivity index (χ1n) is 6.01. The molecular weight excluding hydrogens is 244 g/mol. The normalized spacial score (nSPS) is 10.4. The number of benzene rings is 1. The molecule has 0 aliphatic rings. The van der Waals surface area contributed by atoms with Crippen molar-refractivity contribution in [2.24, 2.45) is 0 Å². The predicted octanol–water partition coefficient (Wildman–Crippen LogP) is 2.21. The highest BCUT2D eigenvalue weighted by molar-refractivity contribution is 5.67. The van der Waals surface area contributed by atoms with Gasteiger partial charge in [-0.05, 0) is 31.0 Å². The Balaban J connectivity index is 2.27. The molecule has 0 spiro atoms. The predicted molar refractivity (Wildman–Crippen MR) is 70.8 cm³/mol. The molecule has 0 aliphatic heterocycles. The lowest BCUT2D eigenvalue weighted by atomic mass is 10.1. The largest absolute Gasteiger partial charge is 0.497 e. The molecule has 19 heavy (non-hydrogen) atoms. The Bertz CT molecular complexity index is 590. The van der Waals surface area contributed by atoms with Crippen LogP contribution in [-0.2, 0) is 11.2 Å².